The third kappa shape index (κ3) is 2.70. The van der Waals surface area contributed by atoms with E-state index in [4.69, 9.17) is 10.5 Å². The molecule has 2 aliphatic rings. The molecule has 0 radical (unpaired) electrons. The minimum Gasteiger partial charge on any atom is -0.379 e. The highest BCUT2D eigenvalue weighted by Crippen LogP contribution is 2.53. The van der Waals surface area contributed by atoms with Crippen LogP contribution in [-0.2, 0) is 4.74 Å². The van der Waals surface area contributed by atoms with E-state index in [9.17, 15) is 8.78 Å². The molecule has 1 heterocycles. The van der Waals surface area contributed by atoms with Crippen molar-refractivity contribution in [3.8, 4) is 0 Å². The Morgan fingerprint density at radius 1 is 1.19 bits per heavy atom. The van der Waals surface area contributed by atoms with E-state index in [2.05, 4.69) is 4.90 Å². The molecule has 3 nitrogen and oxygen atoms in total. The Bertz CT molecular complexity index is 234. The van der Waals surface area contributed by atoms with Gasteiger partial charge in [-0.1, -0.05) is 0 Å². The Morgan fingerprint density at radius 2 is 1.81 bits per heavy atom. The van der Waals surface area contributed by atoms with E-state index in [1.54, 1.807) is 0 Å². The molecule has 0 bridgehead atoms. The number of alkyl halides is 2. The number of ether oxygens (including phenoxy) is 1. The Labute approximate surface area is 94.9 Å². The number of hydrogen-bond donors (Lipinski definition) is 1. The van der Waals surface area contributed by atoms with Gasteiger partial charge in [-0.2, -0.15) is 0 Å². The minimum atomic E-state index is -2.47. The lowest BCUT2D eigenvalue weighted by molar-refractivity contribution is -0.162. The van der Waals surface area contributed by atoms with E-state index in [0.717, 1.165) is 39.3 Å². The fourth-order valence-corrected chi connectivity index (χ4v) is 2.69. The molecule has 1 saturated carbocycles. The molecule has 0 aromatic rings. The van der Waals surface area contributed by atoms with Crippen molar-refractivity contribution >= 4 is 0 Å². The molecule has 2 rings (SSSR count). The number of morpholine rings is 1. The lowest BCUT2D eigenvalue weighted by atomic mass is 9.64. The number of halogens is 2. The molecule has 0 amide bonds. The van der Waals surface area contributed by atoms with Gasteiger partial charge in [0, 0.05) is 25.9 Å². The summed E-state index contributed by atoms with van der Waals surface area (Å²) >= 11 is 0. The highest BCUT2D eigenvalue weighted by molar-refractivity contribution is 4.99. The number of hydrogen-bond acceptors (Lipinski definition) is 3. The molecule has 0 aromatic heterocycles. The van der Waals surface area contributed by atoms with Crippen molar-refractivity contribution in [2.24, 2.45) is 11.1 Å². The lowest BCUT2D eigenvalue weighted by Crippen LogP contribution is -2.52. The number of rotatable bonds is 4. The quantitative estimate of drug-likeness (QED) is 0.791. The molecule has 1 aliphatic carbocycles. The van der Waals surface area contributed by atoms with E-state index in [1.165, 1.54) is 0 Å². The third-order valence-electron chi connectivity index (χ3n) is 3.76. The summed E-state index contributed by atoms with van der Waals surface area (Å²) in [5.74, 6) is -2.47. The summed E-state index contributed by atoms with van der Waals surface area (Å²) < 4.78 is 31.0. The van der Waals surface area contributed by atoms with Gasteiger partial charge < -0.3 is 10.5 Å². The highest BCUT2D eigenvalue weighted by Gasteiger charge is 2.55. The van der Waals surface area contributed by atoms with Gasteiger partial charge in [-0.15, -0.1) is 0 Å². The van der Waals surface area contributed by atoms with Gasteiger partial charge in [0.25, 0.3) is 0 Å². The molecule has 0 spiro atoms. The Hall–Kier alpha value is -0.260. The van der Waals surface area contributed by atoms with Gasteiger partial charge in [0.2, 0.25) is 5.92 Å². The second kappa shape index (κ2) is 4.55. The van der Waals surface area contributed by atoms with Crippen molar-refractivity contribution in [1.29, 1.82) is 0 Å². The summed E-state index contributed by atoms with van der Waals surface area (Å²) in [6.07, 6.45) is 0.737. The molecule has 16 heavy (non-hydrogen) atoms. The zero-order valence-corrected chi connectivity index (χ0v) is 9.55. The van der Waals surface area contributed by atoms with E-state index >= 15 is 0 Å². The van der Waals surface area contributed by atoms with Crippen molar-refractivity contribution in [3.63, 3.8) is 0 Å². The van der Waals surface area contributed by atoms with Gasteiger partial charge >= 0.3 is 0 Å². The minimum absolute atomic E-state index is 0.0269. The summed E-state index contributed by atoms with van der Waals surface area (Å²) in [5, 5.41) is 0. The van der Waals surface area contributed by atoms with Crippen LogP contribution in [-0.4, -0.2) is 50.2 Å². The van der Waals surface area contributed by atoms with Gasteiger partial charge in [0.05, 0.1) is 13.2 Å². The number of nitrogens with two attached hydrogens (primary N) is 1. The first-order valence-corrected chi connectivity index (χ1v) is 5.93. The molecule has 5 heteroatoms. The van der Waals surface area contributed by atoms with Gasteiger partial charge in [0.15, 0.2) is 0 Å². The standard InChI is InChI=1S/C11H20F2N2O/c12-11(13)7-10(8-11,9-14)1-2-15-3-5-16-6-4-15/h1-9,14H2. The molecule has 1 aliphatic heterocycles. The first-order valence-electron chi connectivity index (χ1n) is 5.93. The van der Waals surface area contributed by atoms with Crippen molar-refractivity contribution < 1.29 is 13.5 Å². The molecule has 94 valence electrons. The summed E-state index contributed by atoms with van der Waals surface area (Å²) in [7, 11) is 0. The highest BCUT2D eigenvalue weighted by atomic mass is 19.3. The zero-order chi connectivity index (χ0) is 11.6. The normalized spacial score (nSPS) is 28.7. The molecule has 2 N–H and O–H groups in total. The molecule has 2 fully saturated rings. The topological polar surface area (TPSA) is 38.5 Å². The zero-order valence-electron chi connectivity index (χ0n) is 9.55. The number of nitrogens with zero attached hydrogens (tertiary/aromatic N) is 1. The maximum absolute atomic E-state index is 12.9. The SMILES string of the molecule is NCC1(CCN2CCOCC2)CC(F)(F)C1. The van der Waals surface area contributed by atoms with Crippen molar-refractivity contribution in [2.75, 3.05) is 39.4 Å². The summed E-state index contributed by atoms with van der Waals surface area (Å²) in [5.41, 5.74) is 5.33. The van der Waals surface area contributed by atoms with E-state index in [-0.39, 0.29) is 18.3 Å². The maximum Gasteiger partial charge on any atom is 0.249 e. The van der Waals surface area contributed by atoms with E-state index < -0.39 is 5.92 Å². The summed E-state index contributed by atoms with van der Waals surface area (Å²) in [6.45, 7) is 4.59. The largest absolute Gasteiger partial charge is 0.379 e. The van der Waals surface area contributed by atoms with Crippen LogP contribution in [0.1, 0.15) is 19.3 Å². The van der Waals surface area contributed by atoms with Crippen LogP contribution in [0.25, 0.3) is 0 Å². The van der Waals surface area contributed by atoms with Crippen LogP contribution in [0.2, 0.25) is 0 Å². The van der Waals surface area contributed by atoms with Crippen LogP contribution in [0.15, 0.2) is 0 Å². The smallest absolute Gasteiger partial charge is 0.249 e. The Morgan fingerprint density at radius 3 is 2.31 bits per heavy atom. The predicted octanol–water partition coefficient (Wildman–Crippen LogP) is 1.08. The van der Waals surface area contributed by atoms with Crippen LogP contribution < -0.4 is 5.73 Å². The van der Waals surface area contributed by atoms with Crippen LogP contribution >= 0.6 is 0 Å². The summed E-state index contributed by atoms with van der Waals surface area (Å²) in [4.78, 5) is 2.28. The molecule has 0 aromatic carbocycles. The Kier molecular flexibility index (Phi) is 3.47. The monoisotopic (exact) mass is 234 g/mol. The molecule has 0 unspecified atom stereocenters. The van der Waals surface area contributed by atoms with Crippen molar-refractivity contribution in [2.45, 2.75) is 25.2 Å². The second-order valence-corrected chi connectivity index (χ2v) is 5.12. The van der Waals surface area contributed by atoms with Crippen LogP contribution in [0.3, 0.4) is 0 Å². The molecular formula is C11H20F2N2O. The van der Waals surface area contributed by atoms with E-state index in [0.29, 0.717) is 6.54 Å². The molecule has 1 saturated heterocycles. The van der Waals surface area contributed by atoms with E-state index in [1.807, 2.05) is 0 Å². The van der Waals surface area contributed by atoms with Crippen LogP contribution in [0.5, 0.6) is 0 Å². The third-order valence-corrected chi connectivity index (χ3v) is 3.76. The van der Waals surface area contributed by atoms with Gasteiger partial charge in [0.1, 0.15) is 0 Å². The van der Waals surface area contributed by atoms with Crippen LogP contribution in [0.4, 0.5) is 8.78 Å². The summed E-state index contributed by atoms with van der Waals surface area (Å²) in [6, 6.07) is 0. The Balaban J connectivity index is 1.75. The van der Waals surface area contributed by atoms with Gasteiger partial charge in [-0.05, 0) is 24.9 Å². The fourth-order valence-electron chi connectivity index (χ4n) is 2.69. The predicted molar refractivity (Wildman–Crippen MR) is 57.5 cm³/mol. The van der Waals surface area contributed by atoms with Gasteiger partial charge in [-0.25, -0.2) is 8.78 Å². The van der Waals surface area contributed by atoms with Gasteiger partial charge in [-0.3, -0.25) is 4.90 Å². The maximum atomic E-state index is 12.9. The molecular weight excluding hydrogens is 214 g/mol. The van der Waals surface area contributed by atoms with Crippen LogP contribution in [0, 0.1) is 5.41 Å². The van der Waals surface area contributed by atoms with Crippen molar-refractivity contribution in [3.05, 3.63) is 0 Å². The first-order chi connectivity index (χ1) is 7.55. The molecule has 0 atom stereocenters. The second-order valence-electron chi connectivity index (χ2n) is 5.12. The average Bonchev–Trinajstić information content (AvgIpc) is 2.24. The van der Waals surface area contributed by atoms with Crippen molar-refractivity contribution in [1.82, 2.24) is 4.90 Å². The first kappa shape index (κ1) is 12.2. The average molecular weight is 234 g/mol. The lowest BCUT2D eigenvalue weighted by Gasteiger charge is -2.47. The fraction of sp³-hybridized carbons (Fsp3) is 1.00.